The number of carbonyl (C=O) groups excluding carboxylic acids is 1. The first-order valence-electron chi connectivity index (χ1n) is 5.47. The van der Waals surface area contributed by atoms with E-state index in [2.05, 4.69) is 13.8 Å². The van der Waals surface area contributed by atoms with Gasteiger partial charge in [-0.05, 0) is 24.7 Å². The smallest absolute Gasteiger partial charge is 0.235 e. The maximum atomic E-state index is 12.2. The van der Waals surface area contributed by atoms with Gasteiger partial charge >= 0.3 is 0 Å². The van der Waals surface area contributed by atoms with Crippen LogP contribution in [0.25, 0.3) is 0 Å². The second kappa shape index (κ2) is 3.17. The van der Waals surface area contributed by atoms with Gasteiger partial charge in [0.25, 0.3) is 0 Å². The molecular formula is C11H18N2OS. The van der Waals surface area contributed by atoms with E-state index in [1.807, 2.05) is 4.90 Å². The number of rotatable bonds is 2. The van der Waals surface area contributed by atoms with Gasteiger partial charge in [0.1, 0.15) is 0 Å². The van der Waals surface area contributed by atoms with E-state index < -0.39 is 5.41 Å². The molecule has 84 valence electrons. The molecule has 1 heterocycles. The van der Waals surface area contributed by atoms with E-state index in [0.717, 1.165) is 32.4 Å². The molecule has 1 saturated carbocycles. The van der Waals surface area contributed by atoms with Gasteiger partial charge in [-0.25, -0.2) is 0 Å². The minimum absolute atomic E-state index is 0.167. The first-order valence-corrected chi connectivity index (χ1v) is 5.88. The lowest BCUT2D eigenvalue weighted by Gasteiger charge is -2.24. The summed E-state index contributed by atoms with van der Waals surface area (Å²) in [5.41, 5.74) is 5.44. The third-order valence-corrected chi connectivity index (χ3v) is 3.99. The van der Waals surface area contributed by atoms with Crippen LogP contribution in [0.1, 0.15) is 33.1 Å². The molecule has 0 aromatic carbocycles. The molecule has 3 nitrogen and oxygen atoms in total. The molecule has 2 aliphatic rings. The number of likely N-dealkylation sites (tertiary alicyclic amines) is 1. The van der Waals surface area contributed by atoms with Crippen molar-refractivity contribution in [1.29, 1.82) is 0 Å². The van der Waals surface area contributed by atoms with Crippen LogP contribution in [0, 0.1) is 10.8 Å². The monoisotopic (exact) mass is 226 g/mol. The summed E-state index contributed by atoms with van der Waals surface area (Å²) in [6.45, 7) is 6.09. The Hall–Kier alpha value is -0.640. The van der Waals surface area contributed by atoms with Crippen molar-refractivity contribution < 1.29 is 4.79 Å². The highest BCUT2D eigenvalue weighted by molar-refractivity contribution is 7.80. The van der Waals surface area contributed by atoms with Gasteiger partial charge in [0.15, 0.2) is 0 Å². The minimum Gasteiger partial charge on any atom is -0.392 e. The molecular weight excluding hydrogens is 208 g/mol. The van der Waals surface area contributed by atoms with Crippen LogP contribution in [-0.2, 0) is 4.79 Å². The number of thiocarbonyl (C=S) groups is 1. The third-order valence-electron chi connectivity index (χ3n) is 3.60. The number of hydrogen-bond acceptors (Lipinski definition) is 2. The fraction of sp³-hybridized carbons (Fsp3) is 0.818. The van der Waals surface area contributed by atoms with Gasteiger partial charge in [-0.1, -0.05) is 26.1 Å². The first-order chi connectivity index (χ1) is 6.87. The van der Waals surface area contributed by atoms with Crippen LogP contribution in [0.2, 0.25) is 0 Å². The number of carbonyl (C=O) groups is 1. The Kier molecular flexibility index (Phi) is 2.30. The SMILES string of the molecule is CC1(C)CCN(C(=O)C2(C(N)=S)CC2)C1. The van der Waals surface area contributed by atoms with Gasteiger partial charge in [0.2, 0.25) is 5.91 Å². The van der Waals surface area contributed by atoms with Crippen LogP contribution in [0.5, 0.6) is 0 Å². The number of nitrogens with two attached hydrogens (primary N) is 1. The lowest BCUT2D eigenvalue weighted by atomic mass is 9.93. The van der Waals surface area contributed by atoms with Crippen molar-refractivity contribution in [2.75, 3.05) is 13.1 Å². The summed E-state index contributed by atoms with van der Waals surface area (Å²) >= 11 is 4.99. The molecule has 1 amide bonds. The molecule has 1 aliphatic carbocycles. The van der Waals surface area contributed by atoms with Crippen molar-refractivity contribution in [3.63, 3.8) is 0 Å². The highest BCUT2D eigenvalue weighted by atomic mass is 32.1. The summed E-state index contributed by atoms with van der Waals surface area (Å²) in [5, 5.41) is 0. The summed E-state index contributed by atoms with van der Waals surface area (Å²) in [6.07, 6.45) is 2.77. The normalized spacial score (nSPS) is 26.4. The standard InChI is InChI=1S/C11H18N2OS/c1-10(2)5-6-13(7-10)9(14)11(3-4-11)8(12)15/h3-7H2,1-2H3,(H2,12,15). The van der Waals surface area contributed by atoms with Gasteiger partial charge in [0, 0.05) is 13.1 Å². The predicted octanol–water partition coefficient (Wildman–Crippen LogP) is 1.31. The van der Waals surface area contributed by atoms with E-state index in [1.54, 1.807) is 0 Å². The zero-order chi connectivity index (χ0) is 11.3. The Morgan fingerprint density at radius 3 is 2.27 bits per heavy atom. The molecule has 0 aromatic rings. The molecule has 0 unspecified atom stereocenters. The zero-order valence-corrected chi connectivity index (χ0v) is 10.2. The molecule has 1 aliphatic heterocycles. The molecule has 15 heavy (non-hydrogen) atoms. The number of amides is 1. The Morgan fingerprint density at radius 1 is 1.33 bits per heavy atom. The van der Waals surface area contributed by atoms with Crippen molar-refractivity contribution in [2.45, 2.75) is 33.1 Å². The van der Waals surface area contributed by atoms with Crippen LogP contribution in [0.4, 0.5) is 0 Å². The maximum absolute atomic E-state index is 12.2. The third kappa shape index (κ3) is 1.75. The molecule has 2 fully saturated rings. The molecule has 0 aromatic heterocycles. The molecule has 0 atom stereocenters. The number of nitrogens with zero attached hydrogens (tertiary/aromatic N) is 1. The van der Waals surface area contributed by atoms with E-state index >= 15 is 0 Å². The molecule has 2 N–H and O–H groups in total. The van der Waals surface area contributed by atoms with E-state index in [0.29, 0.717) is 4.99 Å². The Labute approximate surface area is 96.0 Å². The molecule has 2 rings (SSSR count). The van der Waals surface area contributed by atoms with Crippen LogP contribution in [-0.4, -0.2) is 28.9 Å². The highest BCUT2D eigenvalue weighted by Gasteiger charge is 2.55. The summed E-state index contributed by atoms with van der Waals surface area (Å²) in [6, 6.07) is 0. The van der Waals surface area contributed by atoms with Crippen LogP contribution >= 0.6 is 12.2 Å². The number of hydrogen-bond donors (Lipinski definition) is 1. The van der Waals surface area contributed by atoms with Crippen LogP contribution < -0.4 is 5.73 Å². The Balaban J connectivity index is 2.07. The van der Waals surface area contributed by atoms with Gasteiger partial charge < -0.3 is 10.6 Å². The zero-order valence-electron chi connectivity index (χ0n) is 9.38. The summed E-state index contributed by atoms with van der Waals surface area (Å²) in [4.78, 5) is 14.5. The quantitative estimate of drug-likeness (QED) is 0.722. The molecule has 1 saturated heterocycles. The molecule has 0 radical (unpaired) electrons. The average Bonchev–Trinajstić information content (AvgIpc) is 2.86. The van der Waals surface area contributed by atoms with Crippen LogP contribution in [0.15, 0.2) is 0 Å². The van der Waals surface area contributed by atoms with E-state index in [-0.39, 0.29) is 11.3 Å². The van der Waals surface area contributed by atoms with Crippen molar-refractivity contribution in [2.24, 2.45) is 16.6 Å². The van der Waals surface area contributed by atoms with Crippen molar-refractivity contribution >= 4 is 23.1 Å². The average molecular weight is 226 g/mol. The van der Waals surface area contributed by atoms with E-state index in [4.69, 9.17) is 18.0 Å². The second-order valence-corrected chi connectivity index (χ2v) is 6.03. The lowest BCUT2D eigenvalue weighted by Crippen LogP contribution is -2.42. The first kappa shape index (κ1) is 10.9. The predicted molar refractivity (Wildman–Crippen MR) is 63.4 cm³/mol. The highest BCUT2D eigenvalue weighted by Crippen LogP contribution is 2.48. The molecule has 4 heteroatoms. The summed E-state index contributed by atoms with van der Waals surface area (Å²) in [7, 11) is 0. The largest absolute Gasteiger partial charge is 0.392 e. The lowest BCUT2D eigenvalue weighted by molar-refractivity contribution is -0.133. The van der Waals surface area contributed by atoms with E-state index in [1.165, 1.54) is 0 Å². The summed E-state index contributed by atoms with van der Waals surface area (Å²) in [5.74, 6) is 0.167. The second-order valence-electron chi connectivity index (χ2n) is 5.59. The van der Waals surface area contributed by atoms with Crippen molar-refractivity contribution in [3.05, 3.63) is 0 Å². The van der Waals surface area contributed by atoms with Gasteiger partial charge in [0.05, 0.1) is 10.4 Å². The molecule has 0 bridgehead atoms. The Bertz CT molecular complexity index is 321. The van der Waals surface area contributed by atoms with Crippen molar-refractivity contribution in [3.8, 4) is 0 Å². The van der Waals surface area contributed by atoms with Gasteiger partial charge in [-0.3, -0.25) is 4.79 Å². The maximum Gasteiger partial charge on any atom is 0.235 e. The molecule has 0 spiro atoms. The topological polar surface area (TPSA) is 46.3 Å². The van der Waals surface area contributed by atoms with Crippen LogP contribution in [0.3, 0.4) is 0 Å². The Morgan fingerprint density at radius 2 is 1.93 bits per heavy atom. The fourth-order valence-corrected chi connectivity index (χ4v) is 2.57. The van der Waals surface area contributed by atoms with Gasteiger partial charge in [-0.15, -0.1) is 0 Å². The van der Waals surface area contributed by atoms with Crippen molar-refractivity contribution in [1.82, 2.24) is 4.90 Å². The van der Waals surface area contributed by atoms with Gasteiger partial charge in [-0.2, -0.15) is 0 Å². The minimum atomic E-state index is -0.463. The fourth-order valence-electron chi connectivity index (χ4n) is 2.28. The van der Waals surface area contributed by atoms with E-state index in [9.17, 15) is 4.79 Å². The summed E-state index contributed by atoms with van der Waals surface area (Å²) < 4.78 is 0.